The van der Waals surface area contributed by atoms with Crippen molar-refractivity contribution in [1.82, 2.24) is 19.9 Å². The van der Waals surface area contributed by atoms with Gasteiger partial charge in [-0.15, -0.1) is 0 Å². The van der Waals surface area contributed by atoms with Crippen molar-refractivity contribution in [2.24, 2.45) is 0 Å². The maximum absolute atomic E-state index is 9.61. The number of aromatic amines is 1. The molecule has 0 amide bonds. The van der Waals surface area contributed by atoms with Gasteiger partial charge in [-0.3, -0.25) is 0 Å². The van der Waals surface area contributed by atoms with Gasteiger partial charge in [0.25, 0.3) is 0 Å². The molecule has 5 rings (SSSR count). The lowest BCUT2D eigenvalue weighted by Crippen LogP contribution is -2.44. The van der Waals surface area contributed by atoms with Crippen LogP contribution in [0, 0.1) is 0 Å². The number of H-pyrrole nitrogens is 1. The maximum Gasteiger partial charge on any atom is 0.198 e. The van der Waals surface area contributed by atoms with Gasteiger partial charge in [-0.2, -0.15) is 0 Å². The maximum atomic E-state index is 9.61. The van der Waals surface area contributed by atoms with Gasteiger partial charge < -0.3 is 30.2 Å². The molecule has 2 aromatic heterocycles. The molecule has 4 N–H and O–H groups in total. The van der Waals surface area contributed by atoms with Crippen LogP contribution in [-0.4, -0.2) is 57.4 Å². The van der Waals surface area contributed by atoms with Crippen LogP contribution in [0.2, 0.25) is 0 Å². The summed E-state index contributed by atoms with van der Waals surface area (Å²) in [6, 6.07) is 6.04. The molecule has 3 aromatic rings. The lowest BCUT2D eigenvalue weighted by atomic mass is 9.96. The van der Waals surface area contributed by atoms with E-state index >= 15 is 0 Å². The van der Waals surface area contributed by atoms with E-state index < -0.39 is 5.60 Å². The van der Waals surface area contributed by atoms with Crippen molar-refractivity contribution in [2.45, 2.75) is 38.5 Å². The molecule has 9 heteroatoms. The molecule has 4 heterocycles. The summed E-state index contributed by atoms with van der Waals surface area (Å²) in [5.41, 5.74) is 9.49. The van der Waals surface area contributed by atoms with E-state index in [1.807, 2.05) is 25.1 Å². The zero-order valence-electron chi connectivity index (χ0n) is 17.2. The summed E-state index contributed by atoms with van der Waals surface area (Å²) in [5, 5.41) is 9.61. The molecule has 30 heavy (non-hydrogen) atoms. The number of benzene rings is 1. The average molecular weight is 410 g/mol. The summed E-state index contributed by atoms with van der Waals surface area (Å²) in [5.74, 6) is 1.87. The highest BCUT2D eigenvalue weighted by Crippen LogP contribution is 2.42. The number of hydrogen-bond donors (Lipinski definition) is 3. The zero-order chi connectivity index (χ0) is 20.9. The number of nitrogens with one attached hydrogen (secondary N) is 1. The molecule has 158 valence electrons. The quantitative estimate of drug-likeness (QED) is 0.597. The average Bonchev–Trinajstić information content (AvgIpc) is 3.27. The van der Waals surface area contributed by atoms with E-state index in [0.717, 1.165) is 40.2 Å². The fraction of sp³-hybridized carbons (Fsp3) is 0.476. The Balaban J connectivity index is 1.68. The first-order chi connectivity index (χ1) is 14.5. The Bertz CT molecular complexity index is 1100. The molecule has 2 atom stereocenters. The molecule has 9 nitrogen and oxygen atoms in total. The number of morpholine rings is 1. The SMILES string of the molecule is C[C@H]1COCCN1c1nc(-c2ccc3[nH]c(N)nc3c2)nc2c1CO[C@@]2(C)CCO. The lowest BCUT2D eigenvalue weighted by molar-refractivity contribution is -0.0410. The van der Waals surface area contributed by atoms with Crippen LogP contribution in [0.3, 0.4) is 0 Å². The Hall–Kier alpha value is -2.75. The van der Waals surface area contributed by atoms with Crippen LogP contribution in [0.15, 0.2) is 18.2 Å². The molecule has 0 spiro atoms. The van der Waals surface area contributed by atoms with Crippen molar-refractivity contribution in [3.63, 3.8) is 0 Å². The number of aliphatic hydroxyl groups is 1. The van der Waals surface area contributed by atoms with Crippen LogP contribution in [-0.2, 0) is 21.7 Å². The number of nitrogens with zero attached hydrogens (tertiary/aromatic N) is 4. The number of nitrogen functional groups attached to an aromatic ring is 1. The van der Waals surface area contributed by atoms with Gasteiger partial charge in [-0.05, 0) is 32.0 Å². The summed E-state index contributed by atoms with van der Waals surface area (Å²) in [4.78, 5) is 19.5. The molecule has 0 unspecified atom stereocenters. The van der Waals surface area contributed by atoms with Crippen LogP contribution >= 0.6 is 0 Å². The second-order valence-corrected chi connectivity index (χ2v) is 8.16. The second kappa shape index (κ2) is 7.19. The number of rotatable bonds is 4. The molecular formula is C21H26N6O3. The molecule has 0 bridgehead atoms. The van der Waals surface area contributed by atoms with Crippen LogP contribution in [0.25, 0.3) is 22.4 Å². The fourth-order valence-corrected chi connectivity index (χ4v) is 4.32. The van der Waals surface area contributed by atoms with E-state index in [4.69, 9.17) is 25.2 Å². The smallest absolute Gasteiger partial charge is 0.198 e. The number of ether oxygens (including phenoxy) is 2. The van der Waals surface area contributed by atoms with Gasteiger partial charge in [0.15, 0.2) is 11.8 Å². The lowest BCUT2D eigenvalue weighted by Gasteiger charge is -2.35. The predicted octanol–water partition coefficient (Wildman–Crippen LogP) is 1.95. The molecule has 0 saturated carbocycles. The highest BCUT2D eigenvalue weighted by molar-refractivity contribution is 5.82. The normalized spacial score (nSPS) is 23.8. The van der Waals surface area contributed by atoms with E-state index in [0.29, 0.717) is 38.0 Å². The number of aromatic nitrogens is 4. The van der Waals surface area contributed by atoms with Gasteiger partial charge in [0.2, 0.25) is 0 Å². The van der Waals surface area contributed by atoms with E-state index in [1.165, 1.54) is 0 Å². The number of aliphatic hydroxyl groups excluding tert-OH is 1. The van der Waals surface area contributed by atoms with Gasteiger partial charge in [0.05, 0.1) is 42.6 Å². The summed E-state index contributed by atoms with van der Waals surface area (Å²) in [6.45, 7) is 6.64. The summed E-state index contributed by atoms with van der Waals surface area (Å²) in [7, 11) is 0. The van der Waals surface area contributed by atoms with Gasteiger partial charge >= 0.3 is 0 Å². The van der Waals surface area contributed by atoms with Crippen molar-refractivity contribution in [2.75, 3.05) is 37.0 Å². The monoisotopic (exact) mass is 410 g/mol. The summed E-state index contributed by atoms with van der Waals surface area (Å²) >= 11 is 0. The van der Waals surface area contributed by atoms with Crippen molar-refractivity contribution < 1.29 is 14.6 Å². The number of anilines is 2. The number of fused-ring (bicyclic) bond motifs is 2. The minimum absolute atomic E-state index is 0.0249. The van der Waals surface area contributed by atoms with Crippen molar-refractivity contribution >= 4 is 22.8 Å². The molecule has 0 aliphatic carbocycles. The molecule has 2 aliphatic rings. The minimum atomic E-state index is -0.646. The summed E-state index contributed by atoms with van der Waals surface area (Å²) < 4.78 is 11.8. The van der Waals surface area contributed by atoms with Crippen molar-refractivity contribution in [1.29, 1.82) is 0 Å². The Morgan fingerprint density at radius 2 is 2.20 bits per heavy atom. The van der Waals surface area contributed by atoms with E-state index in [1.54, 1.807) is 0 Å². The molecule has 2 aliphatic heterocycles. The Labute approximate surface area is 174 Å². The number of nitrogens with two attached hydrogens (primary N) is 1. The van der Waals surface area contributed by atoms with Gasteiger partial charge in [-0.1, -0.05) is 0 Å². The third kappa shape index (κ3) is 3.10. The van der Waals surface area contributed by atoms with Gasteiger partial charge in [-0.25, -0.2) is 15.0 Å². The fourth-order valence-electron chi connectivity index (χ4n) is 4.32. The van der Waals surface area contributed by atoms with E-state index in [9.17, 15) is 5.11 Å². The van der Waals surface area contributed by atoms with Crippen LogP contribution in [0.1, 0.15) is 31.5 Å². The first-order valence-corrected chi connectivity index (χ1v) is 10.2. The minimum Gasteiger partial charge on any atom is -0.396 e. The first-order valence-electron chi connectivity index (χ1n) is 10.2. The molecule has 1 aromatic carbocycles. The molecule has 1 fully saturated rings. The number of hydrogen-bond acceptors (Lipinski definition) is 8. The Morgan fingerprint density at radius 3 is 3.00 bits per heavy atom. The third-order valence-electron chi connectivity index (χ3n) is 6.01. The molecule has 0 radical (unpaired) electrons. The largest absolute Gasteiger partial charge is 0.396 e. The Morgan fingerprint density at radius 1 is 1.33 bits per heavy atom. The van der Waals surface area contributed by atoms with Gasteiger partial charge in [0, 0.05) is 30.7 Å². The second-order valence-electron chi connectivity index (χ2n) is 8.16. The van der Waals surface area contributed by atoms with E-state index in [-0.39, 0.29) is 12.6 Å². The van der Waals surface area contributed by atoms with Crippen LogP contribution < -0.4 is 10.6 Å². The van der Waals surface area contributed by atoms with Crippen molar-refractivity contribution in [3.05, 3.63) is 29.5 Å². The van der Waals surface area contributed by atoms with Crippen LogP contribution in [0.5, 0.6) is 0 Å². The first kappa shape index (κ1) is 19.2. The standard InChI is InChI=1S/C21H26N6O3/c1-12-10-29-8-6-27(12)19-14-11-30-21(2,5-7-28)17(14)25-18(26-19)13-3-4-15-16(9-13)24-20(22)23-15/h3-4,9,12,28H,5-8,10-11H2,1-2H3,(H3,22,23,24)/t12-,21-/m0/s1. The van der Waals surface area contributed by atoms with E-state index in [2.05, 4.69) is 21.8 Å². The highest BCUT2D eigenvalue weighted by Gasteiger charge is 2.41. The predicted molar refractivity (Wildman–Crippen MR) is 113 cm³/mol. The number of imidazole rings is 1. The van der Waals surface area contributed by atoms with Gasteiger partial charge in [0.1, 0.15) is 11.4 Å². The summed E-state index contributed by atoms with van der Waals surface area (Å²) in [6.07, 6.45) is 0.476. The van der Waals surface area contributed by atoms with Crippen molar-refractivity contribution in [3.8, 4) is 11.4 Å². The molecular weight excluding hydrogens is 384 g/mol. The topological polar surface area (TPSA) is 122 Å². The highest BCUT2D eigenvalue weighted by atomic mass is 16.5. The molecule has 1 saturated heterocycles. The zero-order valence-corrected chi connectivity index (χ0v) is 17.2. The third-order valence-corrected chi connectivity index (χ3v) is 6.01. The van der Waals surface area contributed by atoms with Crippen LogP contribution in [0.4, 0.5) is 11.8 Å². The Kier molecular flexibility index (Phi) is 4.61.